The normalized spacial score (nSPS) is 17.0. The van der Waals surface area contributed by atoms with Crippen molar-refractivity contribution in [2.45, 2.75) is 25.6 Å². The van der Waals surface area contributed by atoms with E-state index in [4.69, 9.17) is 9.47 Å². The van der Waals surface area contributed by atoms with Gasteiger partial charge in [-0.25, -0.2) is 0 Å². The highest BCUT2D eigenvalue weighted by Gasteiger charge is 2.27. The van der Waals surface area contributed by atoms with E-state index in [0.29, 0.717) is 16.9 Å². The van der Waals surface area contributed by atoms with Gasteiger partial charge in [0.2, 0.25) is 5.13 Å². The first-order valence-electron chi connectivity index (χ1n) is 9.56. The molecule has 1 aliphatic heterocycles. The number of carbonyl (C=O) groups excluding carboxylic acids is 1. The SMILES string of the molecule is CO[C@H](C(=O)Nc1nnc(O[C@@H]2CCN(c3cccnn3)C2)s1)c1ccccc1C. The summed E-state index contributed by atoms with van der Waals surface area (Å²) in [6, 6.07) is 11.4. The summed E-state index contributed by atoms with van der Waals surface area (Å²) in [6.45, 7) is 3.47. The molecule has 1 saturated heterocycles. The maximum absolute atomic E-state index is 12.7. The Kier molecular flexibility index (Phi) is 6.15. The van der Waals surface area contributed by atoms with Crippen LogP contribution in [0.1, 0.15) is 23.7 Å². The number of anilines is 2. The van der Waals surface area contributed by atoms with E-state index < -0.39 is 6.10 Å². The number of amides is 1. The number of carbonyl (C=O) groups is 1. The minimum Gasteiger partial charge on any atom is -0.464 e. The van der Waals surface area contributed by atoms with Gasteiger partial charge in [-0.05, 0) is 41.5 Å². The first-order valence-corrected chi connectivity index (χ1v) is 10.4. The fourth-order valence-corrected chi connectivity index (χ4v) is 4.04. The minimum atomic E-state index is -0.727. The Morgan fingerprint density at radius 2 is 2.10 bits per heavy atom. The lowest BCUT2D eigenvalue weighted by atomic mass is 10.0. The Labute approximate surface area is 178 Å². The fraction of sp³-hybridized carbons (Fsp3) is 0.350. The number of aromatic nitrogens is 4. The molecule has 10 heteroatoms. The van der Waals surface area contributed by atoms with Gasteiger partial charge in [0.05, 0.1) is 6.54 Å². The highest BCUT2D eigenvalue weighted by molar-refractivity contribution is 7.17. The van der Waals surface area contributed by atoms with Gasteiger partial charge in [-0.1, -0.05) is 29.4 Å². The average Bonchev–Trinajstić information content (AvgIpc) is 3.40. The molecule has 3 heterocycles. The van der Waals surface area contributed by atoms with E-state index >= 15 is 0 Å². The predicted molar refractivity (Wildman–Crippen MR) is 113 cm³/mol. The molecule has 0 radical (unpaired) electrons. The lowest BCUT2D eigenvalue weighted by Crippen LogP contribution is -2.25. The van der Waals surface area contributed by atoms with E-state index in [1.54, 1.807) is 6.20 Å². The molecular formula is C20H22N6O3S. The molecule has 0 unspecified atom stereocenters. The third-order valence-corrected chi connectivity index (χ3v) is 5.61. The Morgan fingerprint density at radius 3 is 2.87 bits per heavy atom. The Morgan fingerprint density at radius 1 is 1.23 bits per heavy atom. The summed E-state index contributed by atoms with van der Waals surface area (Å²) >= 11 is 1.19. The maximum atomic E-state index is 12.7. The van der Waals surface area contributed by atoms with Crippen LogP contribution in [0.25, 0.3) is 0 Å². The number of hydrogen-bond acceptors (Lipinski definition) is 9. The summed E-state index contributed by atoms with van der Waals surface area (Å²) in [4.78, 5) is 14.8. The van der Waals surface area contributed by atoms with Gasteiger partial charge in [-0.2, -0.15) is 5.10 Å². The number of methoxy groups -OCH3 is 1. The van der Waals surface area contributed by atoms with Gasteiger partial charge >= 0.3 is 0 Å². The second-order valence-electron chi connectivity index (χ2n) is 6.89. The molecule has 0 saturated carbocycles. The van der Waals surface area contributed by atoms with E-state index in [9.17, 15) is 4.79 Å². The van der Waals surface area contributed by atoms with E-state index in [1.807, 2.05) is 43.3 Å². The van der Waals surface area contributed by atoms with Crippen LogP contribution < -0.4 is 15.0 Å². The van der Waals surface area contributed by atoms with Crippen LogP contribution in [0.3, 0.4) is 0 Å². The Hall–Kier alpha value is -3.11. The molecule has 156 valence electrons. The molecule has 0 bridgehead atoms. The van der Waals surface area contributed by atoms with Crippen molar-refractivity contribution >= 4 is 28.2 Å². The molecule has 3 aromatic rings. The number of benzene rings is 1. The lowest BCUT2D eigenvalue weighted by Gasteiger charge is -2.16. The molecule has 1 fully saturated rings. The summed E-state index contributed by atoms with van der Waals surface area (Å²) < 4.78 is 11.4. The highest BCUT2D eigenvalue weighted by Crippen LogP contribution is 2.28. The highest BCUT2D eigenvalue weighted by atomic mass is 32.1. The summed E-state index contributed by atoms with van der Waals surface area (Å²) in [5.74, 6) is 0.528. The van der Waals surface area contributed by atoms with Gasteiger partial charge in [-0.15, -0.1) is 10.2 Å². The number of rotatable bonds is 7. The summed E-state index contributed by atoms with van der Waals surface area (Å²) in [5.41, 5.74) is 1.79. The zero-order valence-corrected chi connectivity index (χ0v) is 17.5. The van der Waals surface area contributed by atoms with Crippen molar-refractivity contribution in [3.05, 3.63) is 53.7 Å². The Bertz CT molecular complexity index is 999. The van der Waals surface area contributed by atoms with Crippen LogP contribution in [0.2, 0.25) is 0 Å². The molecule has 0 spiro atoms. The topological polar surface area (TPSA) is 102 Å². The van der Waals surface area contributed by atoms with Crippen LogP contribution in [-0.2, 0) is 9.53 Å². The van der Waals surface area contributed by atoms with Crippen LogP contribution in [0, 0.1) is 6.92 Å². The van der Waals surface area contributed by atoms with Gasteiger partial charge < -0.3 is 14.4 Å². The third-order valence-electron chi connectivity index (χ3n) is 4.88. The third kappa shape index (κ3) is 4.55. The smallest absolute Gasteiger partial charge is 0.296 e. The van der Waals surface area contributed by atoms with Crippen molar-refractivity contribution in [3.63, 3.8) is 0 Å². The fourth-order valence-electron chi connectivity index (χ4n) is 3.37. The number of ether oxygens (including phenoxy) is 2. The van der Waals surface area contributed by atoms with E-state index in [0.717, 1.165) is 29.9 Å². The summed E-state index contributed by atoms with van der Waals surface area (Å²) in [5, 5.41) is 19.7. The van der Waals surface area contributed by atoms with Gasteiger partial charge in [-0.3, -0.25) is 10.1 Å². The molecule has 1 amide bonds. The largest absolute Gasteiger partial charge is 0.464 e. The lowest BCUT2D eigenvalue weighted by molar-refractivity contribution is -0.126. The first-order chi connectivity index (χ1) is 14.6. The standard InChI is InChI=1S/C20H22N6O3S/c1-13-6-3-4-7-15(13)17(28-2)18(27)22-19-24-25-20(30-19)29-14-9-11-26(12-14)16-8-5-10-21-23-16/h3-8,10,14,17H,9,11-12H2,1-2H3,(H,22,24,27)/t14-,17+/m1/s1. The van der Waals surface area contributed by atoms with Crippen LogP contribution >= 0.6 is 11.3 Å². The molecule has 1 N–H and O–H groups in total. The molecule has 2 aromatic heterocycles. The van der Waals surface area contributed by atoms with E-state index in [1.165, 1.54) is 18.4 Å². The van der Waals surface area contributed by atoms with Crippen LogP contribution in [-0.4, -0.2) is 52.6 Å². The minimum absolute atomic E-state index is 0.0257. The van der Waals surface area contributed by atoms with E-state index in [2.05, 4.69) is 30.6 Å². The van der Waals surface area contributed by atoms with Gasteiger partial charge in [0.1, 0.15) is 6.10 Å². The number of hydrogen-bond donors (Lipinski definition) is 1. The maximum Gasteiger partial charge on any atom is 0.296 e. The quantitative estimate of drug-likeness (QED) is 0.615. The molecule has 0 aliphatic carbocycles. The van der Waals surface area contributed by atoms with Crippen molar-refractivity contribution in [2.24, 2.45) is 0 Å². The summed E-state index contributed by atoms with van der Waals surface area (Å²) in [7, 11) is 1.51. The molecule has 4 rings (SSSR count). The van der Waals surface area contributed by atoms with Gasteiger partial charge in [0.25, 0.3) is 11.1 Å². The second-order valence-corrected chi connectivity index (χ2v) is 7.83. The molecular weight excluding hydrogens is 404 g/mol. The zero-order valence-electron chi connectivity index (χ0n) is 16.7. The van der Waals surface area contributed by atoms with Crippen molar-refractivity contribution in [1.29, 1.82) is 0 Å². The van der Waals surface area contributed by atoms with Crippen LogP contribution in [0.4, 0.5) is 10.9 Å². The van der Waals surface area contributed by atoms with Gasteiger partial charge in [0.15, 0.2) is 11.9 Å². The van der Waals surface area contributed by atoms with Crippen molar-refractivity contribution in [3.8, 4) is 5.19 Å². The average molecular weight is 427 g/mol. The van der Waals surface area contributed by atoms with Crippen molar-refractivity contribution in [2.75, 3.05) is 30.4 Å². The van der Waals surface area contributed by atoms with Crippen molar-refractivity contribution < 1.29 is 14.3 Å². The zero-order chi connectivity index (χ0) is 20.9. The second kappa shape index (κ2) is 9.14. The molecule has 1 aliphatic rings. The molecule has 1 aromatic carbocycles. The Balaban J connectivity index is 1.35. The number of aryl methyl sites for hydroxylation is 1. The number of nitrogens with one attached hydrogen (secondary N) is 1. The predicted octanol–water partition coefficient (Wildman–Crippen LogP) is 2.62. The first kappa shape index (κ1) is 20.2. The van der Waals surface area contributed by atoms with Crippen molar-refractivity contribution in [1.82, 2.24) is 20.4 Å². The molecule has 2 atom stereocenters. The van der Waals surface area contributed by atoms with E-state index in [-0.39, 0.29) is 12.0 Å². The molecule has 9 nitrogen and oxygen atoms in total. The molecule has 30 heavy (non-hydrogen) atoms. The van der Waals surface area contributed by atoms with Crippen LogP contribution in [0.15, 0.2) is 42.6 Å². The monoisotopic (exact) mass is 426 g/mol. The van der Waals surface area contributed by atoms with Crippen LogP contribution in [0.5, 0.6) is 5.19 Å². The summed E-state index contributed by atoms with van der Waals surface area (Å²) in [6.07, 6.45) is 1.74. The van der Waals surface area contributed by atoms with Gasteiger partial charge in [0, 0.05) is 26.3 Å². The number of nitrogens with zero attached hydrogens (tertiary/aromatic N) is 5.